The first kappa shape index (κ1) is 17.1. The Kier molecular flexibility index (Phi) is 5.77. The molecule has 0 spiro atoms. The number of amides is 1. The SMILES string of the molecule is O=C(Nc1ccccc1CO)c1cccnc1SCc1ccncc1. The van der Waals surface area contributed by atoms with Crippen molar-refractivity contribution in [1.29, 1.82) is 0 Å². The number of thioether (sulfide) groups is 1. The zero-order valence-electron chi connectivity index (χ0n) is 13.4. The molecule has 6 heteroatoms. The lowest BCUT2D eigenvalue weighted by Crippen LogP contribution is -2.15. The largest absolute Gasteiger partial charge is 0.392 e. The summed E-state index contributed by atoms with van der Waals surface area (Å²) in [5.41, 5.74) is 2.90. The first-order valence-corrected chi connectivity index (χ1v) is 8.73. The minimum Gasteiger partial charge on any atom is -0.392 e. The van der Waals surface area contributed by atoms with Crippen LogP contribution in [0.15, 0.2) is 72.1 Å². The maximum absolute atomic E-state index is 12.7. The van der Waals surface area contributed by atoms with Crippen LogP contribution >= 0.6 is 11.8 Å². The van der Waals surface area contributed by atoms with Crippen LogP contribution in [0.2, 0.25) is 0 Å². The van der Waals surface area contributed by atoms with E-state index in [1.165, 1.54) is 11.8 Å². The van der Waals surface area contributed by atoms with E-state index in [0.717, 1.165) is 5.56 Å². The van der Waals surface area contributed by atoms with Gasteiger partial charge in [0.1, 0.15) is 5.03 Å². The summed E-state index contributed by atoms with van der Waals surface area (Å²) in [5.74, 6) is 0.457. The first-order chi connectivity index (χ1) is 12.3. The molecule has 0 saturated heterocycles. The van der Waals surface area contributed by atoms with Crippen LogP contribution in [0.25, 0.3) is 0 Å². The van der Waals surface area contributed by atoms with Crippen molar-refractivity contribution in [3.05, 3.63) is 83.8 Å². The molecule has 2 heterocycles. The van der Waals surface area contributed by atoms with Crippen LogP contribution in [0.1, 0.15) is 21.5 Å². The van der Waals surface area contributed by atoms with Gasteiger partial charge in [-0.2, -0.15) is 0 Å². The van der Waals surface area contributed by atoms with Gasteiger partial charge in [-0.3, -0.25) is 9.78 Å². The zero-order valence-corrected chi connectivity index (χ0v) is 14.2. The Hall–Kier alpha value is -2.70. The molecule has 2 aromatic heterocycles. The summed E-state index contributed by atoms with van der Waals surface area (Å²) < 4.78 is 0. The van der Waals surface area contributed by atoms with Crippen molar-refractivity contribution >= 4 is 23.4 Å². The Balaban J connectivity index is 1.76. The molecule has 1 amide bonds. The number of hydrogen-bond acceptors (Lipinski definition) is 5. The van der Waals surface area contributed by atoms with Crippen molar-refractivity contribution in [3.63, 3.8) is 0 Å². The quantitative estimate of drug-likeness (QED) is 0.665. The second kappa shape index (κ2) is 8.41. The van der Waals surface area contributed by atoms with Crippen molar-refractivity contribution < 1.29 is 9.90 Å². The number of benzene rings is 1. The number of carbonyl (C=O) groups is 1. The second-order valence-electron chi connectivity index (χ2n) is 5.27. The lowest BCUT2D eigenvalue weighted by atomic mass is 10.1. The molecule has 1 aromatic carbocycles. The summed E-state index contributed by atoms with van der Waals surface area (Å²) in [4.78, 5) is 21.0. The number of aromatic nitrogens is 2. The van der Waals surface area contributed by atoms with E-state index in [4.69, 9.17) is 0 Å². The van der Waals surface area contributed by atoms with E-state index in [9.17, 15) is 9.90 Å². The summed E-state index contributed by atoms with van der Waals surface area (Å²) in [5, 5.41) is 12.9. The maximum atomic E-state index is 12.7. The molecule has 0 saturated carbocycles. The molecule has 0 fully saturated rings. The van der Waals surface area contributed by atoms with Gasteiger partial charge in [0.25, 0.3) is 5.91 Å². The molecule has 0 aliphatic carbocycles. The molecule has 0 aliphatic rings. The van der Waals surface area contributed by atoms with Crippen LogP contribution in [0.5, 0.6) is 0 Å². The molecule has 0 bridgehead atoms. The molecular weight excluding hydrogens is 334 g/mol. The van der Waals surface area contributed by atoms with Crippen molar-refractivity contribution in [3.8, 4) is 0 Å². The summed E-state index contributed by atoms with van der Waals surface area (Å²) >= 11 is 1.50. The molecular formula is C19H17N3O2S. The number of carbonyl (C=O) groups excluding carboxylic acids is 1. The summed E-state index contributed by atoms with van der Waals surface area (Å²) in [6, 6.07) is 14.5. The van der Waals surface area contributed by atoms with Crippen LogP contribution in [0.3, 0.4) is 0 Å². The van der Waals surface area contributed by atoms with E-state index in [-0.39, 0.29) is 12.5 Å². The Labute approximate surface area is 150 Å². The van der Waals surface area contributed by atoms with Gasteiger partial charge in [-0.05, 0) is 35.9 Å². The summed E-state index contributed by atoms with van der Waals surface area (Å²) in [7, 11) is 0. The molecule has 0 aliphatic heterocycles. The van der Waals surface area contributed by atoms with E-state index >= 15 is 0 Å². The molecule has 0 unspecified atom stereocenters. The van der Waals surface area contributed by atoms with Gasteiger partial charge in [-0.1, -0.05) is 18.2 Å². The predicted octanol–water partition coefficient (Wildman–Crippen LogP) is 3.51. The fourth-order valence-electron chi connectivity index (χ4n) is 2.28. The van der Waals surface area contributed by atoms with Crippen molar-refractivity contribution in [2.24, 2.45) is 0 Å². The fraction of sp³-hybridized carbons (Fsp3) is 0.105. The third kappa shape index (κ3) is 4.43. The number of hydrogen-bond donors (Lipinski definition) is 2. The third-order valence-corrected chi connectivity index (χ3v) is 4.65. The van der Waals surface area contributed by atoms with Gasteiger partial charge in [-0.15, -0.1) is 11.8 Å². The predicted molar refractivity (Wildman–Crippen MR) is 98.4 cm³/mol. The maximum Gasteiger partial charge on any atom is 0.258 e. The van der Waals surface area contributed by atoms with E-state index < -0.39 is 0 Å². The number of nitrogens with one attached hydrogen (secondary N) is 1. The van der Waals surface area contributed by atoms with Crippen molar-refractivity contribution in [1.82, 2.24) is 9.97 Å². The molecule has 3 rings (SSSR count). The highest BCUT2D eigenvalue weighted by Gasteiger charge is 2.14. The molecule has 3 aromatic rings. The highest BCUT2D eigenvalue weighted by Crippen LogP contribution is 2.25. The summed E-state index contributed by atoms with van der Waals surface area (Å²) in [6.45, 7) is -0.132. The minimum atomic E-state index is -0.244. The van der Waals surface area contributed by atoms with Crippen LogP contribution in [0, 0.1) is 0 Å². The van der Waals surface area contributed by atoms with E-state index in [1.807, 2.05) is 24.3 Å². The number of aliphatic hydroxyl groups excluding tert-OH is 1. The lowest BCUT2D eigenvalue weighted by Gasteiger charge is -2.11. The molecule has 5 nitrogen and oxygen atoms in total. The first-order valence-electron chi connectivity index (χ1n) is 7.75. The van der Waals surface area contributed by atoms with E-state index in [1.54, 1.807) is 42.9 Å². The molecule has 0 radical (unpaired) electrons. The van der Waals surface area contributed by atoms with Gasteiger partial charge < -0.3 is 10.4 Å². The van der Waals surface area contributed by atoms with Gasteiger partial charge in [-0.25, -0.2) is 4.98 Å². The highest BCUT2D eigenvalue weighted by molar-refractivity contribution is 7.98. The van der Waals surface area contributed by atoms with E-state index in [0.29, 0.717) is 27.6 Å². The fourth-order valence-corrected chi connectivity index (χ4v) is 3.23. The molecule has 25 heavy (non-hydrogen) atoms. The Morgan fingerprint density at radius 1 is 1.04 bits per heavy atom. The lowest BCUT2D eigenvalue weighted by molar-refractivity contribution is 0.102. The third-order valence-electron chi connectivity index (χ3n) is 3.58. The minimum absolute atomic E-state index is 0.132. The number of anilines is 1. The van der Waals surface area contributed by atoms with Gasteiger partial charge in [0.2, 0.25) is 0 Å². The normalized spacial score (nSPS) is 10.4. The smallest absolute Gasteiger partial charge is 0.258 e. The number of rotatable bonds is 6. The van der Waals surface area contributed by atoms with Gasteiger partial charge in [0.15, 0.2) is 0 Å². The number of pyridine rings is 2. The Bertz CT molecular complexity index is 856. The van der Waals surface area contributed by atoms with Crippen LogP contribution in [-0.2, 0) is 12.4 Å². The highest BCUT2D eigenvalue weighted by atomic mass is 32.2. The van der Waals surface area contributed by atoms with Crippen molar-refractivity contribution in [2.75, 3.05) is 5.32 Å². The van der Waals surface area contributed by atoms with Gasteiger partial charge >= 0.3 is 0 Å². The average molecular weight is 351 g/mol. The Morgan fingerprint density at radius 2 is 1.84 bits per heavy atom. The topological polar surface area (TPSA) is 75.1 Å². The average Bonchev–Trinajstić information content (AvgIpc) is 2.68. The van der Waals surface area contributed by atoms with Crippen LogP contribution in [-0.4, -0.2) is 21.0 Å². The Morgan fingerprint density at radius 3 is 2.64 bits per heavy atom. The second-order valence-corrected chi connectivity index (χ2v) is 6.23. The summed E-state index contributed by atoms with van der Waals surface area (Å²) in [6.07, 6.45) is 5.16. The zero-order chi connectivity index (χ0) is 17.5. The van der Waals surface area contributed by atoms with E-state index in [2.05, 4.69) is 15.3 Å². The van der Waals surface area contributed by atoms with Crippen LogP contribution in [0.4, 0.5) is 5.69 Å². The number of aliphatic hydroxyl groups is 1. The molecule has 2 N–H and O–H groups in total. The molecule has 0 atom stereocenters. The van der Waals surface area contributed by atoms with Crippen molar-refractivity contribution in [2.45, 2.75) is 17.4 Å². The molecule has 126 valence electrons. The number of nitrogens with zero attached hydrogens (tertiary/aromatic N) is 2. The van der Waals surface area contributed by atoms with Crippen LogP contribution < -0.4 is 5.32 Å². The monoisotopic (exact) mass is 351 g/mol. The standard InChI is InChI=1S/C19H17N3O2S/c23-12-15-4-1-2-6-17(15)22-18(24)16-5-3-9-21-19(16)25-13-14-7-10-20-11-8-14/h1-11,23H,12-13H2,(H,22,24). The van der Waals surface area contributed by atoms with Gasteiger partial charge in [0, 0.05) is 35.6 Å². The van der Waals surface area contributed by atoms with Gasteiger partial charge in [0.05, 0.1) is 12.2 Å². The number of para-hydroxylation sites is 1.